The van der Waals surface area contributed by atoms with E-state index in [2.05, 4.69) is 25.4 Å². The summed E-state index contributed by atoms with van der Waals surface area (Å²) in [6, 6.07) is 17.4. The lowest BCUT2D eigenvalue weighted by Gasteiger charge is -2.38. The van der Waals surface area contributed by atoms with Gasteiger partial charge in [-0.1, -0.05) is 37.1 Å². The first-order valence-electron chi connectivity index (χ1n) is 17.6. The molecule has 1 fully saturated rings. The topological polar surface area (TPSA) is 157 Å². The number of halogens is 4. The van der Waals surface area contributed by atoms with Gasteiger partial charge < -0.3 is 19.9 Å². The van der Waals surface area contributed by atoms with E-state index in [1.54, 1.807) is 59.7 Å². The summed E-state index contributed by atoms with van der Waals surface area (Å²) < 4.78 is 80.0. The van der Waals surface area contributed by atoms with Gasteiger partial charge in [0.15, 0.2) is 5.69 Å². The maximum Gasteiger partial charge on any atom is 0.435 e. The summed E-state index contributed by atoms with van der Waals surface area (Å²) in [6.45, 7) is 10.4. The Balaban J connectivity index is 1.54. The fraction of sp³-hybridized carbons (Fsp3) is 0.410. The molecule has 11 nitrogen and oxygen atoms in total. The summed E-state index contributed by atoms with van der Waals surface area (Å²) in [5.41, 5.74) is -3.02. The third kappa shape index (κ3) is 10.4. The number of hydrogen-bond acceptors (Lipinski definition) is 8. The van der Waals surface area contributed by atoms with Gasteiger partial charge in [-0.05, 0) is 108 Å². The minimum absolute atomic E-state index is 0.0433. The van der Waals surface area contributed by atoms with E-state index in [-0.39, 0.29) is 23.6 Å². The van der Waals surface area contributed by atoms with Gasteiger partial charge in [-0.25, -0.2) is 18.9 Å². The zero-order chi connectivity index (χ0) is 40.3. The number of nitriles is 1. The van der Waals surface area contributed by atoms with E-state index in [0.717, 1.165) is 23.6 Å². The second kappa shape index (κ2) is 16.0. The number of alkyl carbamates (subject to hydrolysis) is 1. The molecule has 1 unspecified atom stereocenters. The number of anilines is 1. The van der Waals surface area contributed by atoms with Crippen LogP contribution in [0.25, 0.3) is 5.69 Å². The molecule has 3 N–H and O–H groups in total. The average molecular weight is 782 g/mol. The molecule has 2 heterocycles. The molecule has 292 valence electrons. The third-order valence-electron chi connectivity index (χ3n) is 8.68. The van der Waals surface area contributed by atoms with Crippen molar-refractivity contribution in [2.75, 3.05) is 5.32 Å². The van der Waals surface area contributed by atoms with Gasteiger partial charge in [0.25, 0.3) is 5.91 Å². The molecule has 0 spiro atoms. The highest BCUT2D eigenvalue weighted by Crippen LogP contribution is 2.43. The Bertz CT molecular complexity index is 2080. The molecule has 0 radical (unpaired) electrons. The predicted octanol–water partition coefficient (Wildman–Crippen LogP) is 8.06. The van der Waals surface area contributed by atoms with Crippen LogP contribution in [0.15, 0.2) is 66.7 Å². The zero-order valence-corrected chi connectivity index (χ0v) is 32.1. The number of carbonyl (C=O) groups is 2. The normalized spacial score (nSPS) is 15.1. The maximum absolute atomic E-state index is 15.7. The van der Waals surface area contributed by atoms with E-state index < -0.39 is 62.6 Å². The lowest BCUT2D eigenvalue weighted by Crippen LogP contribution is -2.52. The summed E-state index contributed by atoms with van der Waals surface area (Å²) in [4.78, 5) is 30.7. The van der Waals surface area contributed by atoms with Crippen LogP contribution in [0.3, 0.4) is 0 Å². The first-order valence-corrected chi connectivity index (χ1v) is 18.8. The second-order valence-corrected chi connectivity index (χ2v) is 17.4. The Morgan fingerprint density at radius 2 is 1.71 bits per heavy atom. The van der Waals surface area contributed by atoms with E-state index in [4.69, 9.17) is 4.74 Å². The van der Waals surface area contributed by atoms with E-state index in [1.165, 1.54) is 36.4 Å². The number of ether oxygens (including phenoxy) is 1. The molecule has 5 rings (SSSR count). The van der Waals surface area contributed by atoms with Gasteiger partial charge >= 0.3 is 12.3 Å². The lowest BCUT2D eigenvalue weighted by atomic mass is 9.82. The predicted molar refractivity (Wildman–Crippen MR) is 199 cm³/mol. The first-order chi connectivity index (χ1) is 25.7. The number of rotatable bonds is 12. The van der Waals surface area contributed by atoms with Gasteiger partial charge in [0.1, 0.15) is 39.2 Å². The number of benzene rings is 2. The minimum Gasteiger partial charge on any atom is -0.598 e. The summed E-state index contributed by atoms with van der Waals surface area (Å²) in [7, 11) is 0. The Hall–Kier alpha value is -4.98. The molecule has 1 aliphatic rings. The van der Waals surface area contributed by atoms with Crippen molar-refractivity contribution in [3.05, 3.63) is 106 Å². The van der Waals surface area contributed by atoms with E-state index in [9.17, 15) is 32.6 Å². The highest BCUT2D eigenvalue weighted by atomic mass is 32.2. The molecular formula is C39H43F4N7O4S. The van der Waals surface area contributed by atoms with Gasteiger partial charge in [0, 0.05) is 24.0 Å². The van der Waals surface area contributed by atoms with Gasteiger partial charge in [-0.3, -0.25) is 4.79 Å². The lowest BCUT2D eigenvalue weighted by molar-refractivity contribution is -0.141. The number of nitrogens with one attached hydrogen (secondary N) is 3. The van der Waals surface area contributed by atoms with Gasteiger partial charge in [-0.15, -0.1) is 4.72 Å². The van der Waals surface area contributed by atoms with Crippen molar-refractivity contribution in [2.45, 2.75) is 95.8 Å². The summed E-state index contributed by atoms with van der Waals surface area (Å²) in [5, 5.41) is 18.4. The molecule has 0 aliphatic heterocycles. The van der Waals surface area contributed by atoms with E-state index >= 15 is 4.39 Å². The second-order valence-electron chi connectivity index (χ2n) is 15.4. The molecule has 55 heavy (non-hydrogen) atoms. The van der Waals surface area contributed by atoms with Crippen LogP contribution in [-0.2, 0) is 34.4 Å². The first kappa shape index (κ1) is 41.2. The van der Waals surface area contributed by atoms with Crippen LogP contribution in [0.1, 0.15) is 106 Å². The van der Waals surface area contributed by atoms with Gasteiger partial charge in [0.05, 0.1) is 17.1 Å². The van der Waals surface area contributed by atoms with E-state index in [0.29, 0.717) is 41.6 Å². The highest BCUT2D eigenvalue weighted by molar-refractivity contribution is 7.90. The minimum atomic E-state index is -4.93. The molecule has 4 aromatic rings. The Kier molecular flexibility index (Phi) is 12.0. The maximum atomic E-state index is 15.7. The van der Waals surface area contributed by atoms with Crippen molar-refractivity contribution in [1.82, 2.24) is 24.8 Å². The molecule has 1 saturated carbocycles. The van der Waals surface area contributed by atoms with Crippen molar-refractivity contribution in [1.29, 1.82) is 5.26 Å². The van der Waals surface area contributed by atoms with Crippen LogP contribution >= 0.6 is 0 Å². The summed E-state index contributed by atoms with van der Waals surface area (Å²) in [5.74, 6) is -1.59. The van der Waals surface area contributed by atoms with Crippen molar-refractivity contribution < 1.29 is 36.4 Å². The molecule has 0 bridgehead atoms. The van der Waals surface area contributed by atoms with Crippen molar-refractivity contribution >= 4 is 29.0 Å². The number of alkyl halides is 3. The molecule has 0 saturated heterocycles. The Labute approximate surface area is 320 Å². The number of aromatic nitrogens is 3. The fourth-order valence-electron chi connectivity index (χ4n) is 5.69. The number of nitrogens with zero attached hydrogens (tertiary/aromatic N) is 4. The van der Waals surface area contributed by atoms with E-state index in [1.807, 2.05) is 6.07 Å². The fourth-order valence-corrected chi connectivity index (χ4v) is 6.64. The molecular weight excluding hydrogens is 739 g/mol. The molecule has 2 aromatic heterocycles. The molecule has 2 amide bonds. The third-order valence-corrected chi connectivity index (χ3v) is 10.3. The number of hydrogen-bond donors (Lipinski definition) is 3. The summed E-state index contributed by atoms with van der Waals surface area (Å²) in [6.07, 6.45) is -2.59. The largest absolute Gasteiger partial charge is 0.598 e. The van der Waals surface area contributed by atoms with Crippen molar-refractivity contribution in [3.63, 3.8) is 0 Å². The van der Waals surface area contributed by atoms with Crippen LogP contribution < -0.4 is 15.4 Å². The van der Waals surface area contributed by atoms with Gasteiger partial charge in [0.2, 0.25) is 0 Å². The Morgan fingerprint density at radius 3 is 2.35 bits per heavy atom. The van der Waals surface area contributed by atoms with Crippen LogP contribution in [0.4, 0.5) is 28.0 Å². The molecule has 2 aromatic carbocycles. The van der Waals surface area contributed by atoms with Gasteiger partial charge in [-0.2, -0.15) is 23.5 Å². The SMILES string of the molecule is CC(C)(C)OC(=O)NCc1cccc(-n2nc(C(F)(F)F)cc2C(=O)Nc2cc(C(CCC3CC3)(N[S@+]([O-])C(C)(C)C)c3cccc(C#N)n3)ccc2F)c1. The monoisotopic (exact) mass is 781 g/mol. The average Bonchev–Trinajstić information content (AvgIpc) is 3.82. The number of pyridine rings is 1. The van der Waals surface area contributed by atoms with Crippen molar-refractivity contribution in [2.24, 2.45) is 5.92 Å². The Morgan fingerprint density at radius 1 is 1.00 bits per heavy atom. The number of amides is 2. The van der Waals surface area contributed by atoms with Crippen LogP contribution in [0.2, 0.25) is 0 Å². The summed E-state index contributed by atoms with van der Waals surface area (Å²) >= 11 is -1.71. The molecule has 1 aliphatic carbocycles. The smallest absolute Gasteiger partial charge is 0.435 e. The van der Waals surface area contributed by atoms with Crippen LogP contribution in [0.5, 0.6) is 0 Å². The van der Waals surface area contributed by atoms with Crippen molar-refractivity contribution in [3.8, 4) is 11.8 Å². The molecule has 2 atom stereocenters. The molecule has 16 heteroatoms. The zero-order valence-electron chi connectivity index (χ0n) is 31.3. The quantitative estimate of drug-likeness (QED) is 0.0963. The van der Waals surface area contributed by atoms with Crippen LogP contribution in [0, 0.1) is 23.1 Å². The standard InChI is InChI=1S/C39H43F4N7O4S/c1-36(2,3)54-35(52)45-23-25-9-7-11-28(19-25)50-31(21-33(48-50)39(41,42)43)34(51)47-30-20-26(15-16-29(30)40)38(18-17-24-13-14-24,49-55(53)37(4,5)6)32-12-8-10-27(22-44)46-32/h7-12,15-16,19-21,24,49H,13-14,17-18,23H2,1-6H3,(H,45,52)(H,47,51)/t38?,55-/m1/s1. The highest BCUT2D eigenvalue weighted by Gasteiger charge is 2.45. The van der Waals surface area contributed by atoms with Crippen LogP contribution in [-0.4, -0.2) is 41.7 Å². The number of carbonyl (C=O) groups excluding carboxylic acids is 2.